The quantitative estimate of drug-likeness (QED) is 0.868. The number of nitrogens with zero attached hydrogens (tertiary/aromatic N) is 3. The zero-order chi connectivity index (χ0) is 14.8. The summed E-state index contributed by atoms with van der Waals surface area (Å²) in [7, 11) is 0. The van der Waals surface area contributed by atoms with Gasteiger partial charge in [-0.15, -0.1) is 0 Å². The van der Waals surface area contributed by atoms with Crippen molar-refractivity contribution in [1.82, 2.24) is 14.7 Å². The molecule has 1 fully saturated rings. The third-order valence-electron chi connectivity index (χ3n) is 4.01. The van der Waals surface area contributed by atoms with Gasteiger partial charge in [0.1, 0.15) is 5.76 Å². The van der Waals surface area contributed by atoms with Crippen molar-refractivity contribution in [2.24, 2.45) is 0 Å². The molecule has 0 saturated carbocycles. The Balaban J connectivity index is 1.84. The lowest BCUT2D eigenvalue weighted by molar-refractivity contribution is 0.0719. The van der Waals surface area contributed by atoms with Crippen LogP contribution in [-0.4, -0.2) is 27.1 Å². The Labute approximate surface area is 124 Å². The molecule has 1 amide bonds. The second kappa shape index (κ2) is 5.76. The van der Waals surface area contributed by atoms with Gasteiger partial charge in [-0.2, -0.15) is 5.10 Å². The second-order valence-electron chi connectivity index (χ2n) is 5.56. The molecule has 0 aromatic carbocycles. The third kappa shape index (κ3) is 2.60. The molecule has 2 aromatic heterocycles. The average molecular weight is 287 g/mol. The highest BCUT2D eigenvalue weighted by atomic mass is 16.3. The fraction of sp³-hybridized carbons (Fsp3) is 0.500. The zero-order valence-corrected chi connectivity index (χ0v) is 12.6. The Bertz CT molecular complexity index is 616. The monoisotopic (exact) mass is 287 g/mol. The number of furan rings is 1. The number of rotatable bonds is 4. The van der Waals surface area contributed by atoms with Crippen LogP contribution in [0.15, 0.2) is 29.0 Å². The number of carbonyl (C=O) groups is 1. The molecule has 112 valence electrons. The van der Waals surface area contributed by atoms with Crippen LogP contribution in [0.1, 0.15) is 54.0 Å². The van der Waals surface area contributed by atoms with Crippen molar-refractivity contribution in [2.75, 3.05) is 6.54 Å². The van der Waals surface area contributed by atoms with Crippen molar-refractivity contribution in [2.45, 2.75) is 45.7 Å². The highest BCUT2D eigenvalue weighted by molar-refractivity contribution is 5.95. The summed E-state index contributed by atoms with van der Waals surface area (Å²) in [4.78, 5) is 14.7. The van der Waals surface area contributed by atoms with Crippen molar-refractivity contribution in [3.05, 3.63) is 41.6 Å². The maximum atomic E-state index is 12.8. The molecule has 5 heteroatoms. The largest absolute Gasteiger partial charge is 0.467 e. The molecule has 0 aliphatic carbocycles. The maximum absolute atomic E-state index is 12.8. The molecule has 1 atom stereocenters. The van der Waals surface area contributed by atoms with E-state index in [1.54, 1.807) is 6.26 Å². The molecular weight excluding hydrogens is 266 g/mol. The van der Waals surface area contributed by atoms with Crippen LogP contribution in [0.25, 0.3) is 0 Å². The Kier molecular flexibility index (Phi) is 3.82. The van der Waals surface area contributed by atoms with Crippen molar-refractivity contribution >= 4 is 5.91 Å². The van der Waals surface area contributed by atoms with Crippen LogP contribution >= 0.6 is 0 Å². The molecule has 1 aliphatic heterocycles. The van der Waals surface area contributed by atoms with E-state index in [4.69, 9.17) is 4.42 Å². The summed E-state index contributed by atoms with van der Waals surface area (Å²) < 4.78 is 7.35. The molecule has 0 N–H and O–H groups in total. The number of hydrogen-bond acceptors (Lipinski definition) is 3. The van der Waals surface area contributed by atoms with E-state index in [1.165, 1.54) is 0 Å². The summed E-state index contributed by atoms with van der Waals surface area (Å²) in [6, 6.07) is 3.88. The van der Waals surface area contributed by atoms with Crippen LogP contribution in [0.5, 0.6) is 0 Å². The van der Waals surface area contributed by atoms with Crippen LogP contribution in [0.2, 0.25) is 0 Å². The molecule has 0 bridgehead atoms. The van der Waals surface area contributed by atoms with Crippen LogP contribution < -0.4 is 0 Å². The summed E-state index contributed by atoms with van der Waals surface area (Å²) in [6.45, 7) is 5.63. The highest BCUT2D eigenvalue weighted by Gasteiger charge is 2.33. The fourth-order valence-corrected chi connectivity index (χ4v) is 3.01. The number of hydrogen-bond donors (Lipinski definition) is 0. The normalized spacial score (nSPS) is 18.4. The Hall–Kier alpha value is -2.04. The first kappa shape index (κ1) is 13.9. The molecule has 2 aromatic rings. The molecule has 0 radical (unpaired) electrons. The first-order chi connectivity index (χ1) is 10.2. The van der Waals surface area contributed by atoms with Gasteiger partial charge >= 0.3 is 0 Å². The fourth-order valence-electron chi connectivity index (χ4n) is 3.01. The summed E-state index contributed by atoms with van der Waals surface area (Å²) in [5, 5.41) is 4.43. The molecule has 1 unspecified atom stereocenters. The van der Waals surface area contributed by atoms with Crippen molar-refractivity contribution in [1.29, 1.82) is 0 Å². The SMILES string of the molecule is CCCn1cc(C(=O)N2CCCC2c2ccco2)c(C)n1. The van der Waals surface area contributed by atoms with Gasteiger partial charge in [-0.25, -0.2) is 0 Å². The third-order valence-corrected chi connectivity index (χ3v) is 4.01. The second-order valence-corrected chi connectivity index (χ2v) is 5.56. The minimum Gasteiger partial charge on any atom is -0.467 e. The molecule has 5 nitrogen and oxygen atoms in total. The van der Waals surface area contributed by atoms with Crippen LogP contribution in [-0.2, 0) is 6.54 Å². The number of carbonyl (C=O) groups excluding carboxylic acids is 1. The summed E-state index contributed by atoms with van der Waals surface area (Å²) in [5.41, 5.74) is 1.51. The number of aromatic nitrogens is 2. The van der Waals surface area contributed by atoms with Crippen molar-refractivity contribution in [3.8, 4) is 0 Å². The van der Waals surface area contributed by atoms with Crippen LogP contribution in [0, 0.1) is 6.92 Å². The van der Waals surface area contributed by atoms with E-state index in [9.17, 15) is 4.79 Å². The van der Waals surface area contributed by atoms with E-state index < -0.39 is 0 Å². The Morgan fingerprint density at radius 1 is 1.52 bits per heavy atom. The molecule has 1 saturated heterocycles. The lowest BCUT2D eigenvalue weighted by Gasteiger charge is -2.22. The van der Waals surface area contributed by atoms with Crippen molar-refractivity contribution in [3.63, 3.8) is 0 Å². The van der Waals surface area contributed by atoms with Gasteiger partial charge in [0.15, 0.2) is 0 Å². The molecule has 3 rings (SSSR count). The van der Waals surface area contributed by atoms with Gasteiger partial charge in [0, 0.05) is 19.3 Å². The van der Waals surface area contributed by atoms with Gasteiger partial charge in [-0.1, -0.05) is 6.92 Å². The van der Waals surface area contributed by atoms with Gasteiger partial charge in [0.2, 0.25) is 0 Å². The van der Waals surface area contributed by atoms with Gasteiger partial charge in [-0.05, 0) is 38.3 Å². The minimum atomic E-state index is 0.0569. The summed E-state index contributed by atoms with van der Waals surface area (Å²) in [6.07, 6.45) is 6.52. The van der Waals surface area contributed by atoms with Gasteiger partial charge in [0.05, 0.1) is 23.6 Å². The Morgan fingerprint density at radius 3 is 3.10 bits per heavy atom. The molecule has 0 spiro atoms. The summed E-state index contributed by atoms with van der Waals surface area (Å²) in [5.74, 6) is 0.938. The number of aryl methyl sites for hydroxylation is 2. The summed E-state index contributed by atoms with van der Waals surface area (Å²) >= 11 is 0. The lowest BCUT2D eigenvalue weighted by atomic mass is 10.1. The molecular formula is C16H21N3O2. The van der Waals surface area contributed by atoms with E-state index >= 15 is 0 Å². The topological polar surface area (TPSA) is 51.3 Å². The molecule has 3 heterocycles. The van der Waals surface area contributed by atoms with Gasteiger partial charge in [0.25, 0.3) is 5.91 Å². The van der Waals surface area contributed by atoms with E-state index in [1.807, 2.05) is 34.8 Å². The Morgan fingerprint density at radius 2 is 2.38 bits per heavy atom. The van der Waals surface area contributed by atoms with Gasteiger partial charge < -0.3 is 9.32 Å². The van der Waals surface area contributed by atoms with Crippen LogP contribution in [0.3, 0.4) is 0 Å². The van der Waals surface area contributed by atoms with Crippen LogP contribution in [0.4, 0.5) is 0 Å². The van der Waals surface area contributed by atoms with E-state index in [-0.39, 0.29) is 11.9 Å². The maximum Gasteiger partial charge on any atom is 0.257 e. The van der Waals surface area contributed by atoms with E-state index in [0.29, 0.717) is 5.56 Å². The molecule has 21 heavy (non-hydrogen) atoms. The number of amides is 1. The predicted molar refractivity (Wildman–Crippen MR) is 79.0 cm³/mol. The van der Waals surface area contributed by atoms with Crippen molar-refractivity contribution < 1.29 is 9.21 Å². The highest BCUT2D eigenvalue weighted by Crippen LogP contribution is 2.33. The zero-order valence-electron chi connectivity index (χ0n) is 12.6. The standard InChI is InChI=1S/C16H21N3O2/c1-3-8-18-11-13(12(2)17-18)16(20)19-9-4-6-14(19)15-7-5-10-21-15/h5,7,10-11,14H,3-4,6,8-9H2,1-2H3. The smallest absolute Gasteiger partial charge is 0.257 e. The van der Waals surface area contributed by atoms with E-state index in [2.05, 4.69) is 12.0 Å². The number of likely N-dealkylation sites (tertiary alicyclic amines) is 1. The molecule has 1 aliphatic rings. The lowest BCUT2D eigenvalue weighted by Crippen LogP contribution is -2.30. The van der Waals surface area contributed by atoms with E-state index in [0.717, 1.165) is 43.8 Å². The first-order valence-corrected chi connectivity index (χ1v) is 7.59. The average Bonchev–Trinajstić information content (AvgIpc) is 3.18. The predicted octanol–water partition coefficient (Wildman–Crippen LogP) is 3.17. The van der Waals surface area contributed by atoms with Gasteiger partial charge in [-0.3, -0.25) is 9.48 Å². The minimum absolute atomic E-state index is 0.0569. The first-order valence-electron chi connectivity index (χ1n) is 7.59.